The number of sulfonamides is 1. The standard InChI is InChI=1S/C14H20N2O5S/c1-3-15-14(17)12-10-11(4-5-13(12)20-2)22(18,19)16-6-8-21-9-7-16/h4-5,10H,3,6-9H2,1-2H3,(H,15,17). The maximum Gasteiger partial charge on any atom is 0.255 e. The molecule has 1 amide bonds. The first-order valence-corrected chi connectivity index (χ1v) is 8.49. The summed E-state index contributed by atoms with van der Waals surface area (Å²) in [7, 11) is -2.20. The SMILES string of the molecule is CCNC(=O)c1cc(S(=O)(=O)N2CCOCC2)ccc1OC. The molecule has 122 valence electrons. The van der Waals surface area contributed by atoms with Crippen LogP contribution in [0.25, 0.3) is 0 Å². The Morgan fingerprint density at radius 2 is 2.05 bits per heavy atom. The van der Waals surface area contributed by atoms with E-state index < -0.39 is 10.0 Å². The predicted molar refractivity (Wildman–Crippen MR) is 80.6 cm³/mol. The molecule has 8 heteroatoms. The van der Waals surface area contributed by atoms with Gasteiger partial charge in [0.25, 0.3) is 5.91 Å². The third-order valence-electron chi connectivity index (χ3n) is 3.36. The first-order valence-electron chi connectivity index (χ1n) is 7.05. The number of ether oxygens (including phenoxy) is 2. The molecule has 0 unspecified atom stereocenters. The van der Waals surface area contributed by atoms with Gasteiger partial charge in [-0.05, 0) is 25.1 Å². The molecule has 1 N–H and O–H groups in total. The molecule has 1 aromatic carbocycles. The van der Waals surface area contributed by atoms with Crippen LogP contribution in [-0.2, 0) is 14.8 Å². The van der Waals surface area contributed by atoms with Crippen LogP contribution in [0.4, 0.5) is 0 Å². The summed E-state index contributed by atoms with van der Waals surface area (Å²) in [4.78, 5) is 12.1. The molecule has 0 atom stereocenters. The molecule has 0 aliphatic carbocycles. The molecule has 1 aromatic rings. The van der Waals surface area contributed by atoms with E-state index >= 15 is 0 Å². The Morgan fingerprint density at radius 1 is 1.36 bits per heavy atom. The lowest BCUT2D eigenvalue weighted by molar-refractivity contribution is 0.0730. The van der Waals surface area contributed by atoms with Crippen LogP contribution >= 0.6 is 0 Å². The van der Waals surface area contributed by atoms with Crippen LogP contribution in [-0.4, -0.2) is 58.6 Å². The van der Waals surface area contributed by atoms with Crippen molar-refractivity contribution >= 4 is 15.9 Å². The van der Waals surface area contributed by atoms with E-state index in [1.165, 1.54) is 29.6 Å². The van der Waals surface area contributed by atoms with Crippen LogP contribution in [0.15, 0.2) is 23.1 Å². The Hall–Kier alpha value is -1.64. The Labute approximate surface area is 130 Å². The van der Waals surface area contributed by atoms with E-state index in [2.05, 4.69) is 5.32 Å². The van der Waals surface area contributed by atoms with Crippen molar-refractivity contribution in [2.75, 3.05) is 40.0 Å². The van der Waals surface area contributed by atoms with E-state index in [-0.39, 0.29) is 16.4 Å². The number of morpholine rings is 1. The first-order chi connectivity index (χ1) is 10.5. The second kappa shape index (κ2) is 7.08. The molecule has 1 saturated heterocycles. The number of amides is 1. The van der Waals surface area contributed by atoms with E-state index in [0.717, 1.165) is 0 Å². The molecule has 22 heavy (non-hydrogen) atoms. The van der Waals surface area contributed by atoms with Crippen molar-refractivity contribution in [3.8, 4) is 5.75 Å². The highest BCUT2D eigenvalue weighted by Gasteiger charge is 2.27. The van der Waals surface area contributed by atoms with E-state index in [1.54, 1.807) is 6.92 Å². The average molecular weight is 328 g/mol. The van der Waals surface area contributed by atoms with E-state index in [1.807, 2.05) is 0 Å². The van der Waals surface area contributed by atoms with Gasteiger partial charge in [-0.15, -0.1) is 0 Å². The number of nitrogens with zero attached hydrogens (tertiary/aromatic N) is 1. The van der Waals surface area contributed by atoms with Gasteiger partial charge in [-0.3, -0.25) is 4.79 Å². The van der Waals surface area contributed by atoms with Gasteiger partial charge >= 0.3 is 0 Å². The smallest absolute Gasteiger partial charge is 0.255 e. The minimum absolute atomic E-state index is 0.0800. The second-order valence-corrected chi connectivity index (χ2v) is 6.68. The number of methoxy groups -OCH3 is 1. The maximum absolute atomic E-state index is 12.6. The lowest BCUT2D eigenvalue weighted by Crippen LogP contribution is -2.40. The molecule has 1 heterocycles. The van der Waals surface area contributed by atoms with Crippen LogP contribution in [0, 0.1) is 0 Å². The van der Waals surface area contributed by atoms with Crippen LogP contribution in [0.3, 0.4) is 0 Å². The van der Waals surface area contributed by atoms with Gasteiger partial charge in [-0.1, -0.05) is 0 Å². The summed E-state index contributed by atoms with van der Waals surface area (Å²) in [6, 6.07) is 4.30. The number of hydrogen-bond acceptors (Lipinski definition) is 5. The summed E-state index contributed by atoms with van der Waals surface area (Å²) in [5.41, 5.74) is 0.207. The van der Waals surface area contributed by atoms with Crippen molar-refractivity contribution in [1.82, 2.24) is 9.62 Å². The van der Waals surface area contributed by atoms with Crippen molar-refractivity contribution in [2.24, 2.45) is 0 Å². The van der Waals surface area contributed by atoms with Crippen molar-refractivity contribution in [2.45, 2.75) is 11.8 Å². The Kier molecular flexibility index (Phi) is 5.38. The van der Waals surface area contributed by atoms with Crippen molar-refractivity contribution in [3.63, 3.8) is 0 Å². The highest BCUT2D eigenvalue weighted by molar-refractivity contribution is 7.89. The minimum atomic E-state index is -3.64. The summed E-state index contributed by atoms with van der Waals surface area (Å²) < 4.78 is 36.9. The summed E-state index contributed by atoms with van der Waals surface area (Å²) in [5.74, 6) is -0.0229. The molecule has 0 radical (unpaired) electrons. The zero-order chi connectivity index (χ0) is 16.2. The zero-order valence-corrected chi connectivity index (χ0v) is 13.5. The van der Waals surface area contributed by atoms with Crippen molar-refractivity contribution in [3.05, 3.63) is 23.8 Å². The molecule has 2 rings (SSSR count). The van der Waals surface area contributed by atoms with Crippen LogP contribution in [0.1, 0.15) is 17.3 Å². The van der Waals surface area contributed by atoms with Gasteiger partial charge in [-0.25, -0.2) is 8.42 Å². The monoisotopic (exact) mass is 328 g/mol. The zero-order valence-electron chi connectivity index (χ0n) is 12.7. The lowest BCUT2D eigenvalue weighted by atomic mass is 10.2. The van der Waals surface area contributed by atoms with Gasteiger partial charge in [0.05, 0.1) is 30.8 Å². The highest BCUT2D eigenvalue weighted by Crippen LogP contribution is 2.25. The van der Waals surface area contributed by atoms with Gasteiger partial charge in [0.15, 0.2) is 0 Å². The predicted octanol–water partition coefficient (Wildman–Crippen LogP) is 0.466. The fraction of sp³-hybridized carbons (Fsp3) is 0.500. The minimum Gasteiger partial charge on any atom is -0.496 e. The highest BCUT2D eigenvalue weighted by atomic mass is 32.2. The molecular weight excluding hydrogens is 308 g/mol. The number of carbonyl (C=O) groups is 1. The van der Waals surface area contributed by atoms with Gasteiger partial charge < -0.3 is 14.8 Å². The quantitative estimate of drug-likeness (QED) is 0.849. The first kappa shape index (κ1) is 16.7. The van der Waals surface area contributed by atoms with Gasteiger partial charge in [0.2, 0.25) is 10.0 Å². The van der Waals surface area contributed by atoms with E-state index in [4.69, 9.17) is 9.47 Å². The van der Waals surface area contributed by atoms with Crippen molar-refractivity contribution in [1.29, 1.82) is 0 Å². The molecule has 0 bridgehead atoms. The molecule has 0 saturated carbocycles. The maximum atomic E-state index is 12.6. The molecule has 0 aromatic heterocycles. The molecule has 1 fully saturated rings. The lowest BCUT2D eigenvalue weighted by Gasteiger charge is -2.26. The number of rotatable bonds is 5. The molecular formula is C14H20N2O5S. The number of hydrogen-bond donors (Lipinski definition) is 1. The van der Waals surface area contributed by atoms with Gasteiger partial charge in [0, 0.05) is 19.6 Å². The number of carbonyl (C=O) groups excluding carboxylic acids is 1. The van der Waals surface area contributed by atoms with Gasteiger partial charge in [-0.2, -0.15) is 4.31 Å². The summed E-state index contributed by atoms with van der Waals surface area (Å²) >= 11 is 0. The number of benzene rings is 1. The number of nitrogens with one attached hydrogen (secondary N) is 1. The molecule has 1 aliphatic rings. The Morgan fingerprint density at radius 3 is 2.64 bits per heavy atom. The third-order valence-corrected chi connectivity index (χ3v) is 5.26. The van der Waals surface area contributed by atoms with Crippen LogP contribution in [0.2, 0.25) is 0 Å². The van der Waals surface area contributed by atoms with E-state index in [0.29, 0.717) is 38.6 Å². The normalized spacial score (nSPS) is 16.3. The molecule has 1 aliphatic heterocycles. The summed E-state index contributed by atoms with van der Waals surface area (Å²) in [6.45, 7) is 3.61. The summed E-state index contributed by atoms with van der Waals surface area (Å²) in [6.07, 6.45) is 0. The van der Waals surface area contributed by atoms with Gasteiger partial charge in [0.1, 0.15) is 5.75 Å². The average Bonchev–Trinajstić information content (AvgIpc) is 2.55. The Bertz CT molecular complexity index is 639. The molecule has 7 nitrogen and oxygen atoms in total. The Balaban J connectivity index is 2.39. The third kappa shape index (κ3) is 3.40. The van der Waals surface area contributed by atoms with Crippen LogP contribution in [0.5, 0.6) is 5.75 Å². The van der Waals surface area contributed by atoms with E-state index in [9.17, 15) is 13.2 Å². The summed E-state index contributed by atoms with van der Waals surface area (Å²) in [5, 5.41) is 2.65. The second-order valence-electron chi connectivity index (χ2n) is 4.74. The fourth-order valence-electron chi connectivity index (χ4n) is 2.22. The van der Waals surface area contributed by atoms with Crippen LogP contribution < -0.4 is 10.1 Å². The fourth-order valence-corrected chi connectivity index (χ4v) is 3.65. The molecule has 0 spiro atoms. The van der Waals surface area contributed by atoms with Crippen molar-refractivity contribution < 1.29 is 22.7 Å². The topological polar surface area (TPSA) is 84.9 Å². The largest absolute Gasteiger partial charge is 0.496 e.